The minimum atomic E-state index is -0.160. The van der Waals surface area contributed by atoms with Crippen LogP contribution in [0.3, 0.4) is 0 Å². The molecule has 0 radical (unpaired) electrons. The van der Waals surface area contributed by atoms with Crippen molar-refractivity contribution in [1.82, 2.24) is 25.2 Å². The number of amides is 1. The lowest BCUT2D eigenvalue weighted by Crippen LogP contribution is -2.24. The third kappa shape index (κ3) is 5.06. The lowest BCUT2D eigenvalue weighted by Gasteiger charge is -2.20. The van der Waals surface area contributed by atoms with E-state index < -0.39 is 0 Å². The SMILES string of the molecule is CNC(=O)c1cc(CC2CCCN(Cc3cccnc3)CC2)ncn1. The van der Waals surface area contributed by atoms with Crippen molar-refractivity contribution in [2.24, 2.45) is 5.92 Å². The van der Waals surface area contributed by atoms with Gasteiger partial charge in [-0.05, 0) is 62.4 Å². The summed E-state index contributed by atoms with van der Waals surface area (Å²) in [6.07, 6.45) is 9.71. The van der Waals surface area contributed by atoms with Gasteiger partial charge in [-0.1, -0.05) is 6.07 Å². The van der Waals surface area contributed by atoms with Gasteiger partial charge in [-0.2, -0.15) is 0 Å². The molecule has 1 aliphatic heterocycles. The number of likely N-dealkylation sites (tertiary alicyclic amines) is 1. The van der Waals surface area contributed by atoms with Crippen molar-refractivity contribution in [3.63, 3.8) is 0 Å². The Kier molecular flexibility index (Phi) is 6.06. The number of nitrogens with zero attached hydrogens (tertiary/aromatic N) is 4. The van der Waals surface area contributed by atoms with E-state index in [0.29, 0.717) is 11.6 Å². The second-order valence-electron chi connectivity index (χ2n) is 6.61. The summed E-state index contributed by atoms with van der Waals surface area (Å²) < 4.78 is 0. The Morgan fingerprint density at radius 1 is 1.32 bits per heavy atom. The molecule has 0 aromatic carbocycles. The van der Waals surface area contributed by atoms with E-state index in [1.54, 1.807) is 7.05 Å². The zero-order valence-electron chi connectivity index (χ0n) is 14.7. The number of rotatable bonds is 5. The lowest BCUT2D eigenvalue weighted by atomic mass is 9.95. The average molecular weight is 339 g/mol. The van der Waals surface area contributed by atoms with Crippen LogP contribution in [-0.2, 0) is 13.0 Å². The molecule has 6 nitrogen and oxygen atoms in total. The van der Waals surface area contributed by atoms with Crippen molar-refractivity contribution in [3.05, 3.63) is 53.9 Å². The van der Waals surface area contributed by atoms with Crippen LogP contribution >= 0.6 is 0 Å². The summed E-state index contributed by atoms with van der Waals surface area (Å²) in [5.74, 6) is 0.443. The second-order valence-corrected chi connectivity index (χ2v) is 6.61. The number of nitrogens with one attached hydrogen (secondary N) is 1. The highest BCUT2D eigenvalue weighted by Gasteiger charge is 2.18. The number of pyridine rings is 1. The van der Waals surface area contributed by atoms with Crippen LogP contribution in [0.15, 0.2) is 36.9 Å². The second kappa shape index (κ2) is 8.67. The highest BCUT2D eigenvalue weighted by atomic mass is 16.1. The molecule has 132 valence electrons. The molecule has 1 amide bonds. The van der Waals surface area contributed by atoms with Gasteiger partial charge >= 0.3 is 0 Å². The van der Waals surface area contributed by atoms with Gasteiger partial charge in [-0.3, -0.25) is 14.7 Å². The maximum absolute atomic E-state index is 11.7. The molecule has 1 unspecified atom stereocenters. The van der Waals surface area contributed by atoms with E-state index in [0.717, 1.165) is 38.2 Å². The molecule has 25 heavy (non-hydrogen) atoms. The van der Waals surface area contributed by atoms with Crippen molar-refractivity contribution in [2.75, 3.05) is 20.1 Å². The van der Waals surface area contributed by atoms with E-state index in [4.69, 9.17) is 0 Å². The molecule has 1 fully saturated rings. The van der Waals surface area contributed by atoms with Gasteiger partial charge in [0.05, 0.1) is 0 Å². The summed E-state index contributed by atoms with van der Waals surface area (Å²) in [5.41, 5.74) is 2.67. The number of hydrogen-bond donors (Lipinski definition) is 1. The molecule has 3 heterocycles. The molecular weight excluding hydrogens is 314 g/mol. The van der Waals surface area contributed by atoms with Crippen LogP contribution in [0.2, 0.25) is 0 Å². The van der Waals surface area contributed by atoms with Gasteiger partial charge < -0.3 is 5.32 Å². The van der Waals surface area contributed by atoms with Gasteiger partial charge in [0, 0.05) is 31.7 Å². The standard InChI is InChI=1S/C19H25N5O/c1-20-19(25)18-11-17(22-14-23-18)10-15-5-3-8-24(9-6-15)13-16-4-2-7-21-12-16/h2,4,7,11-12,14-15H,3,5-6,8-10,13H2,1H3,(H,20,25). The van der Waals surface area contributed by atoms with E-state index >= 15 is 0 Å². The van der Waals surface area contributed by atoms with Crippen LogP contribution in [-0.4, -0.2) is 45.9 Å². The smallest absolute Gasteiger partial charge is 0.269 e. The van der Waals surface area contributed by atoms with E-state index in [2.05, 4.69) is 31.2 Å². The average Bonchev–Trinajstić information content (AvgIpc) is 2.87. The maximum atomic E-state index is 11.7. The van der Waals surface area contributed by atoms with Crippen molar-refractivity contribution >= 4 is 5.91 Å². The van der Waals surface area contributed by atoms with E-state index in [9.17, 15) is 4.79 Å². The molecule has 0 saturated carbocycles. The Hall–Kier alpha value is -2.34. The predicted molar refractivity (Wildman–Crippen MR) is 96.0 cm³/mol. The molecule has 0 spiro atoms. The van der Waals surface area contributed by atoms with Gasteiger partial charge in [0.2, 0.25) is 0 Å². The van der Waals surface area contributed by atoms with Gasteiger partial charge in [-0.15, -0.1) is 0 Å². The molecule has 0 aliphatic carbocycles. The first-order valence-corrected chi connectivity index (χ1v) is 8.89. The topological polar surface area (TPSA) is 71.0 Å². The minimum absolute atomic E-state index is 0.160. The van der Waals surface area contributed by atoms with Crippen LogP contribution in [0.1, 0.15) is 41.0 Å². The predicted octanol–water partition coefficient (Wildman–Crippen LogP) is 2.08. The molecule has 6 heteroatoms. The molecule has 1 atom stereocenters. The Labute approximate surface area is 148 Å². The quantitative estimate of drug-likeness (QED) is 0.903. The number of hydrogen-bond acceptors (Lipinski definition) is 5. The van der Waals surface area contributed by atoms with Crippen LogP contribution in [0.5, 0.6) is 0 Å². The van der Waals surface area contributed by atoms with Crippen LogP contribution < -0.4 is 5.32 Å². The van der Waals surface area contributed by atoms with Crippen molar-refractivity contribution in [1.29, 1.82) is 0 Å². The van der Waals surface area contributed by atoms with Crippen molar-refractivity contribution in [2.45, 2.75) is 32.2 Å². The molecule has 1 saturated heterocycles. The van der Waals surface area contributed by atoms with E-state index in [1.807, 2.05) is 24.5 Å². The van der Waals surface area contributed by atoms with Crippen molar-refractivity contribution in [3.8, 4) is 0 Å². The minimum Gasteiger partial charge on any atom is -0.354 e. The van der Waals surface area contributed by atoms with Crippen molar-refractivity contribution < 1.29 is 4.79 Å². The Balaban J connectivity index is 1.55. The maximum Gasteiger partial charge on any atom is 0.269 e. The van der Waals surface area contributed by atoms with Gasteiger partial charge in [0.1, 0.15) is 12.0 Å². The summed E-state index contributed by atoms with van der Waals surface area (Å²) in [6.45, 7) is 3.18. The molecule has 2 aromatic rings. The van der Waals surface area contributed by atoms with Crippen LogP contribution in [0.4, 0.5) is 0 Å². The van der Waals surface area contributed by atoms with Gasteiger partial charge in [0.15, 0.2) is 0 Å². The van der Waals surface area contributed by atoms with Gasteiger partial charge in [-0.25, -0.2) is 9.97 Å². The highest BCUT2D eigenvalue weighted by molar-refractivity contribution is 5.91. The monoisotopic (exact) mass is 339 g/mol. The van der Waals surface area contributed by atoms with E-state index in [-0.39, 0.29) is 5.91 Å². The first-order chi connectivity index (χ1) is 12.2. The first kappa shape index (κ1) is 17.5. The molecule has 3 rings (SSSR count). The summed E-state index contributed by atoms with van der Waals surface area (Å²) in [6, 6.07) is 5.95. The summed E-state index contributed by atoms with van der Waals surface area (Å²) in [7, 11) is 1.62. The fourth-order valence-corrected chi connectivity index (χ4v) is 3.39. The molecular formula is C19H25N5O. The normalized spacial score (nSPS) is 18.5. The Bertz CT molecular complexity index is 691. The largest absolute Gasteiger partial charge is 0.354 e. The molecule has 0 bridgehead atoms. The molecule has 2 aromatic heterocycles. The Morgan fingerprint density at radius 2 is 2.24 bits per heavy atom. The number of aromatic nitrogens is 3. The third-order valence-electron chi connectivity index (χ3n) is 4.75. The fraction of sp³-hybridized carbons (Fsp3) is 0.474. The van der Waals surface area contributed by atoms with Crippen LogP contribution in [0, 0.1) is 5.92 Å². The molecule has 1 aliphatic rings. The van der Waals surface area contributed by atoms with Gasteiger partial charge in [0.25, 0.3) is 5.91 Å². The third-order valence-corrected chi connectivity index (χ3v) is 4.75. The summed E-state index contributed by atoms with van der Waals surface area (Å²) in [5, 5.41) is 2.61. The molecule has 1 N–H and O–H groups in total. The number of carbonyl (C=O) groups excluding carboxylic acids is 1. The van der Waals surface area contributed by atoms with Crippen LogP contribution in [0.25, 0.3) is 0 Å². The zero-order chi connectivity index (χ0) is 17.5. The summed E-state index contributed by atoms with van der Waals surface area (Å²) >= 11 is 0. The highest BCUT2D eigenvalue weighted by Crippen LogP contribution is 2.22. The zero-order valence-corrected chi connectivity index (χ0v) is 14.7. The first-order valence-electron chi connectivity index (χ1n) is 8.89. The lowest BCUT2D eigenvalue weighted by molar-refractivity contribution is 0.0958. The number of carbonyl (C=O) groups is 1. The van der Waals surface area contributed by atoms with E-state index in [1.165, 1.54) is 24.7 Å². The Morgan fingerprint density at radius 3 is 3.04 bits per heavy atom. The fourth-order valence-electron chi connectivity index (χ4n) is 3.39. The summed E-state index contributed by atoms with van der Waals surface area (Å²) in [4.78, 5) is 26.8.